The molecule has 2 aliphatic heterocycles. The number of carbonyl (C=O) groups is 4. The quantitative estimate of drug-likeness (QED) is 0.0335. The van der Waals surface area contributed by atoms with Crippen molar-refractivity contribution in [2.75, 3.05) is 19.3 Å². The molecule has 2 amide bonds. The van der Waals surface area contributed by atoms with Gasteiger partial charge < -0.3 is 25.6 Å². The summed E-state index contributed by atoms with van der Waals surface area (Å²) in [6.07, 6.45) is 18.3. The van der Waals surface area contributed by atoms with Crippen LogP contribution < -0.4 is 26.5 Å². The standard InChI is InChI=1S/C23H21O2P.C22H34N2O5/c24-23(25)18-10-11-19-26(20-12-4-1-5-13-20,21-14-6-2-7-15-21)22-16-8-3-9-17-22;1-2-3-8-13-23-20(25)14-21(26)24-15-17-16(18-11-12-19(17)29-18)9-6-4-5-7-10-22(27)28/h1-17H,18-19H2;4,6-7,10,16-19H,2-3,5,8-9,11-15H2,1H3,(H,23,25)(H,24,26)(H,27,28)/p+1/b;6-4-,10-7+/t;16-,17+,18-,19+/m.1/s1. The summed E-state index contributed by atoms with van der Waals surface area (Å²) in [7, 11) is -1.89. The number of unbranched alkanes of at least 4 members (excludes halogenated alkanes) is 2. The fraction of sp³-hybridized carbons (Fsp3) is 0.378. The molecule has 0 saturated carbocycles. The number of ether oxygens (including phenoxy) is 1. The zero-order valence-corrected chi connectivity index (χ0v) is 32.7. The molecule has 10 heteroatoms. The van der Waals surface area contributed by atoms with Crippen molar-refractivity contribution in [1.29, 1.82) is 0 Å². The van der Waals surface area contributed by atoms with Gasteiger partial charge in [0.25, 0.3) is 0 Å². The second kappa shape index (κ2) is 23.2. The summed E-state index contributed by atoms with van der Waals surface area (Å²) >= 11 is 0. The maximum Gasteiger partial charge on any atom is 0.327 e. The maximum absolute atomic E-state index is 12.1. The first-order valence-electron chi connectivity index (χ1n) is 19.4. The third kappa shape index (κ3) is 13.4. The van der Waals surface area contributed by atoms with Gasteiger partial charge in [-0.15, -0.1) is 0 Å². The lowest BCUT2D eigenvalue weighted by Gasteiger charge is -2.27. The van der Waals surface area contributed by atoms with Gasteiger partial charge in [-0.25, -0.2) is 4.79 Å². The molecular formula is C45H56N2O7P+. The van der Waals surface area contributed by atoms with E-state index in [0.717, 1.165) is 50.8 Å². The van der Waals surface area contributed by atoms with Crippen LogP contribution >= 0.6 is 7.26 Å². The summed E-state index contributed by atoms with van der Waals surface area (Å²) in [5.41, 5.74) is 0. The van der Waals surface area contributed by atoms with Crippen LogP contribution in [0.1, 0.15) is 64.7 Å². The van der Waals surface area contributed by atoms with Gasteiger partial charge in [-0.2, -0.15) is 0 Å². The SMILES string of the molecule is CCCCCNC(=O)CC(=O)NC[C@H]1[C@@H](C/C=C\C/C=C/C(=O)O)[C@H]2CC[C@@H]1O2.O=C(O)CC=CC[P+](c1ccccc1)(c1ccccc1)c1ccccc1. The highest BCUT2D eigenvalue weighted by Crippen LogP contribution is 2.55. The second-order valence-corrected chi connectivity index (χ2v) is 17.4. The van der Waals surface area contributed by atoms with E-state index >= 15 is 0 Å². The number of nitrogens with one attached hydrogen (secondary N) is 2. The van der Waals surface area contributed by atoms with Gasteiger partial charge in [-0.05, 0) is 80.5 Å². The van der Waals surface area contributed by atoms with Crippen LogP contribution in [-0.4, -0.2) is 65.4 Å². The number of benzene rings is 3. The van der Waals surface area contributed by atoms with Crippen molar-refractivity contribution < 1.29 is 34.1 Å². The number of allylic oxidation sites excluding steroid dienone is 4. The molecule has 2 saturated heterocycles. The van der Waals surface area contributed by atoms with Crippen molar-refractivity contribution in [2.45, 2.75) is 76.9 Å². The minimum Gasteiger partial charge on any atom is -0.481 e. The van der Waals surface area contributed by atoms with Crippen molar-refractivity contribution in [3.63, 3.8) is 0 Å². The molecule has 2 bridgehead atoms. The Labute approximate surface area is 326 Å². The molecule has 2 aliphatic rings. The van der Waals surface area contributed by atoms with Crippen molar-refractivity contribution in [2.24, 2.45) is 11.8 Å². The van der Waals surface area contributed by atoms with Gasteiger partial charge in [-0.3, -0.25) is 14.4 Å². The Hall–Kier alpha value is -4.85. The van der Waals surface area contributed by atoms with Crippen LogP contribution in [0.5, 0.6) is 0 Å². The van der Waals surface area contributed by atoms with E-state index in [2.05, 4.69) is 96.4 Å². The molecule has 0 spiro atoms. The molecule has 55 heavy (non-hydrogen) atoms. The molecule has 2 fully saturated rings. The molecule has 0 aliphatic carbocycles. The number of aliphatic carboxylic acids is 2. The number of carboxylic acid groups (broad SMARTS) is 2. The van der Waals surface area contributed by atoms with Crippen LogP contribution in [0, 0.1) is 11.8 Å². The summed E-state index contributed by atoms with van der Waals surface area (Å²) in [6, 6.07) is 31.7. The van der Waals surface area contributed by atoms with E-state index in [0.29, 0.717) is 25.4 Å². The van der Waals surface area contributed by atoms with Crippen LogP contribution in [0.25, 0.3) is 0 Å². The lowest BCUT2D eigenvalue weighted by Crippen LogP contribution is -2.39. The molecule has 2 heterocycles. The largest absolute Gasteiger partial charge is 0.481 e. The van der Waals surface area contributed by atoms with E-state index in [1.54, 1.807) is 12.2 Å². The minimum absolute atomic E-state index is 0.0539. The van der Waals surface area contributed by atoms with Crippen LogP contribution in [0.3, 0.4) is 0 Å². The molecule has 9 nitrogen and oxygen atoms in total. The van der Waals surface area contributed by atoms with E-state index in [9.17, 15) is 19.2 Å². The summed E-state index contributed by atoms with van der Waals surface area (Å²) in [5, 5.41) is 27.1. The summed E-state index contributed by atoms with van der Waals surface area (Å²) in [6.45, 7) is 3.25. The topological polar surface area (TPSA) is 142 Å². The van der Waals surface area contributed by atoms with Gasteiger partial charge in [0.1, 0.15) is 29.6 Å². The highest BCUT2D eigenvalue weighted by atomic mass is 31.2. The predicted octanol–water partition coefficient (Wildman–Crippen LogP) is 6.58. The smallest absolute Gasteiger partial charge is 0.327 e. The fourth-order valence-electron chi connectivity index (χ4n) is 7.41. The van der Waals surface area contributed by atoms with Gasteiger partial charge in [0.2, 0.25) is 11.8 Å². The van der Waals surface area contributed by atoms with Crippen LogP contribution in [0.15, 0.2) is 127 Å². The van der Waals surface area contributed by atoms with E-state index in [4.69, 9.17) is 14.9 Å². The van der Waals surface area contributed by atoms with Crippen molar-refractivity contribution in [3.8, 4) is 0 Å². The monoisotopic (exact) mass is 767 g/mol. The first kappa shape index (κ1) is 42.9. The number of carbonyl (C=O) groups excluding carboxylic acids is 2. The molecule has 0 radical (unpaired) electrons. The molecule has 5 rings (SSSR count). The Morgan fingerprint density at radius 2 is 1.27 bits per heavy atom. The van der Waals surface area contributed by atoms with Gasteiger partial charge >= 0.3 is 11.9 Å². The number of rotatable bonds is 20. The Balaban J connectivity index is 0.000000246. The first-order chi connectivity index (χ1) is 26.7. The zero-order chi connectivity index (χ0) is 39.3. The third-order valence-electron chi connectivity index (χ3n) is 10.1. The third-order valence-corrected chi connectivity index (χ3v) is 14.4. The Bertz CT molecular complexity index is 1630. The van der Waals surface area contributed by atoms with Gasteiger partial charge in [0, 0.05) is 25.1 Å². The summed E-state index contributed by atoms with van der Waals surface area (Å²) in [5.74, 6) is -1.61. The number of fused-ring (bicyclic) bond motifs is 2. The van der Waals surface area contributed by atoms with E-state index in [1.807, 2.05) is 30.4 Å². The molecule has 292 valence electrons. The Kier molecular flexibility index (Phi) is 18.1. The molecule has 0 aromatic heterocycles. The van der Waals surface area contributed by atoms with E-state index in [-0.39, 0.29) is 42.8 Å². The highest BCUT2D eigenvalue weighted by molar-refractivity contribution is 7.95. The van der Waals surface area contributed by atoms with Crippen LogP contribution in [0.4, 0.5) is 0 Å². The molecule has 3 aromatic rings. The van der Waals surface area contributed by atoms with E-state index < -0.39 is 19.2 Å². The zero-order valence-electron chi connectivity index (χ0n) is 31.8. The van der Waals surface area contributed by atoms with Crippen molar-refractivity contribution >= 4 is 46.9 Å². The fourth-order valence-corrected chi connectivity index (χ4v) is 11.4. The molecule has 0 unspecified atom stereocenters. The Morgan fingerprint density at radius 3 is 1.82 bits per heavy atom. The molecule has 3 aromatic carbocycles. The van der Waals surface area contributed by atoms with Crippen molar-refractivity contribution in [1.82, 2.24) is 10.6 Å². The van der Waals surface area contributed by atoms with Crippen LogP contribution in [0.2, 0.25) is 0 Å². The average Bonchev–Trinajstić information content (AvgIpc) is 3.81. The highest BCUT2D eigenvalue weighted by Gasteiger charge is 2.48. The summed E-state index contributed by atoms with van der Waals surface area (Å²) < 4.78 is 6.04. The molecule has 4 N–H and O–H groups in total. The minimum atomic E-state index is -1.89. The van der Waals surface area contributed by atoms with Crippen molar-refractivity contribution in [3.05, 3.63) is 127 Å². The van der Waals surface area contributed by atoms with Gasteiger partial charge in [0.05, 0.1) is 24.8 Å². The summed E-state index contributed by atoms with van der Waals surface area (Å²) in [4.78, 5) is 45.3. The lowest BCUT2D eigenvalue weighted by atomic mass is 9.77. The number of amides is 2. The Morgan fingerprint density at radius 1 is 0.709 bits per heavy atom. The number of carboxylic acids is 2. The molecule has 4 atom stereocenters. The number of hydrogen-bond acceptors (Lipinski definition) is 5. The normalized spacial score (nSPS) is 19.0. The second-order valence-electron chi connectivity index (χ2n) is 13.9. The predicted molar refractivity (Wildman–Crippen MR) is 222 cm³/mol. The average molecular weight is 768 g/mol. The van der Waals surface area contributed by atoms with Gasteiger partial charge in [-0.1, -0.05) is 98.7 Å². The lowest BCUT2D eigenvalue weighted by molar-refractivity contribution is -0.136. The van der Waals surface area contributed by atoms with Gasteiger partial charge in [0.15, 0.2) is 0 Å². The molecular weight excluding hydrogens is 711 g/mol. The number of hydrogen-bond donors (Lipinski definition) is 4. The maximum atomic E-state index is 12.1. The first-order valence-corrected chi connectivity index (χ1v) is 21.4. The van der Waals surface area contributed by atoms with E-state index in [1.165, 1.54) is 15.9 Å². The van der Waals surface area contributed by atoms with Crippen LogP contribution in [-0.2, 0) is 23.9 Å².